The van der Waals surface area contributed by atoms with Gasteiger partial charge in [0.1, 0.15) is 24.2 Å². The number of hydrogen-bond donors (Lipinski definition) is 9. The lowest BCUT2D eigenvalue weighted by Gasteiger charge is -2.28. The highest BCUT2D eigenvalue weighted by atomic mass is 16.4. The van der Waals surface area contributed by atoms with Gasteiger partial charge in [0, 0.05) is 12.8 Å². The zero-order valence-electron chi connectivity index (χ0n) is 23.9. The van der Waals surface area contributed by atoms with E-state index in [0.717, 1.165) is 0 Å². The van der Waals surface area contributed by atoms with Crippen LogP contribution in [0.2, 0.25) is 0 Å². The lowest BCUT2D eigenvalue weighted by Crippen LogP contribution is -2.59. The summed E-state index contributed by atoms with van der Waals surface area (Å²) in [5, 5.41) is 45.3. The van der Waals surface area contributed by atoms with Gasteiger partial charge in [0.25, 0.3) is 0 Å². The Morgan fingerprint density at radius 2 is 1.05 bits per heavy atom. The Bertz CT molecular complexity index is 1020. The number of hydrogen-bond acceptors (Lipinski definition) is 9. The van der Waals surface area contributed by atoms with Crippen LogP contribution in [0, 0.1) is 11.8 Å². The maximum absolute atomic E-state index is 13.1. The second-order valence-corrected chi connectivity index (χ2v) is 10.1. The molecule has 0 aromatic heterocycles. The molecule has 42 heavy (non-hydrogen) atoms. The van der Waals surface area contributed by atoms with E-state index in [1.807, 2.05) is 5.32 Å². The molecule has 0 aromatic rings. The Hall–Kier alpha value is -4.28. The fraction of sp³-hybridized carbons (Fsp3) is 0.680. The van der Waals surface area contributed by atoms with Gasteiger partial charge in [-0.05, 0) is 24.7 Å². The molecule has 0 saturated heterocycles. The highest BCUT2D eigenvalue weighted by Gasteiger charge is 2.34. The summed E-state index contributed by atoms with van der Waals surface area (Å²) in [4.78, 5) is 96.2. The molecule has 0 rings (SSSR count). The van der Waals surface area contributed by atoms with Crippen molar-refractivity contribution in [2.75, 3.05) is 0 Å². The number of carboxylic acid groups (broad SMARTS) is 4. The molecule has 0 aliphatic rings. The number of amides is 4. The van der Waals surface area contributed by atoms with E-state index in [-0.39, 0.29) is 12.3 Å². The van der Waals surface area contributed by atoms with Crippen molar-refractivity contribution in [2.24, 2.45) is 17.6 Å². The second-order valence-electron chi connectivity index (χ2n) is 10.1. The van der Waals surface area contributed by atoms with Crippen molar-refractivity contribution in [1.82, 2.24) is 21.3 Å². The number of aliphatic carboxylic acids is 4. The Balaban J connectivity index is 5.97. The molecule has 0 bridgehead atoms. The van der Waals surface area contributed by atoms with Gasteiger partial charge >= 0.3 is 23.9 Å². The molecule has 0 unspecified atom stereocenters. The van der Waals surface area contributed by atoms with Gasteiger partial charge in [-0.1, -0.05) is 34.1 Å². The van der Waals surface area contributed by atoms with Gasteiger partial charge in [0.05, 0.1) is 12.5 Å². The van der Waals surface area contributed by atoms with Gasteiger partial charge in [-0.2, -0.15) is 0 Å². The van der Waals surface area contributed by atoms with Crippen molar-refractivity contribution < 1.29 is 58.8 Å². The number of carbonyl (C=O) groups excluding carboxylic acids is 4. The smallest absolute Gasteiger partial charge is 0.326 e. The molecule has 238 valence electrons. The van der Waals surface area contributed by atoms with E-state index in [0.29, 0.717) is 6.42 Å². The number of carbonyl (C=O) groups is 8. The van der Waals surface area contributed by atoms with Crippen LogP contribution in [0.4, 0.5) is 0 Å². The lowest BCUT2D eigenvalue weighted by molar-refractivity contribution is -0.147. The Morgan fingerprint density at radius 3 is 1.43 bits per heavy atom. The zero-order valence-corrected chi connectivity index (χ0v) is 23.9. The maximum atomic E-state index is 13.1. The summed E-state index contributed by atoms with van der Waals surface area (Å²) < 4.78 is 0. The molecule has 17 heteroatoms. The number of nitrogens with one attached hydrogen (secondary N) is 4. The van der Waals surface area contributed by atoms with Gasteiger partial charge in [0.2, 0.25) is 23.6 Å². The SMILES string of the molecule is CC[C@H](C)[C@H](N)C(=O)N[C@@H](CCC(=O)O)C(=O)N[C@@H](CCC(=O)O)C(=O)N[C@H](C(=O)N[C@@H](CC(=O)O)C(=O)O)C(C)C. The first-order valence-electron chi connectivity index (χ1n) is 13.3. The summed E-state index contributed by atoms with van der Waals surface area (Å²) in [6.07, 6.45) is -2.42. The predicted molar refractivity (Wildman–Crippen MR) is 144 cm³/mol. The van der Waals surface area contributed by atoms with Crippen molar-refractivity contribution >= 4 is 47.5 Å². The molecule has 4 amide bonds. The van der Waals surface area contributed by atoms with Crippen molar-refractivity contribution in [2.45, 2.75) is 96.4 Å². The molecule has 0 fully saturated rings. The fourth-order valence-corrected chi connectivity index (χ4v) is 3.55. The summed E-state index contributed by atoms with van der Waals surface area (Å²) in [5.41, 5.74) is 5.90. The van der Waals surface area contributed by atoms with Crippen LogP contribution in [0.1, 0.15) is 66.2 Å². The van der Waals surface area contributed by atoms with Crippen LogP contribution in [0.5, 0.6) is 0 Å². The molecule has 0 aliphatic heterocycles. The molecular formula is C25H41N5O12. The van der Waals surface area contributed by atoms with E-state index in [4.69, 9.17) is 21.1 Å². The lowest BCUT2D eigenvalue weighted by atomic mass is 9.98. The van der Waals surface area contributed by atoms with Crippen LogP contribution in [0.3, 0.4) is 0 Å². The van der Waals surface area contributed by atoms with E-state index >= 15 is 0 Å². The Kier molecular flexibility index (Phi) is 16.4. The fourth-order valence-electron chi connectivity index (χ4n) is 3.55. The van der Waals surface area contributed by atoms with E-state index in [9.17, 15) is 43.5 Å². The molecule has 0 saturated carbocycles. The zero-order chi connectivity index (χ0) is 32.7. The summed E-state index contributed by atoms with van der Waals surface area (Å²) in [7, 11) is 0. The number of carboxylic acids is 4. The van der Waals surface area contributed by atoms with Crippen LogP contribution in [-0.2, 0) is 38.4 Å². The molecule has 17 nitrogen and oxygen atoms in total. The van der Waals surface area contributed by atoms with Crippen molar-refractivity contribution in [3.8, 4) is 0 Å². The first-order chi connectivity index (χ1) is 19.4. The van der Waals surface area contributed by atoms with Crippen LogP contribution < -0.4 is 27.0 Å². The topological polar surface area (TPSA) is 292 Å². The third kappa shape index (κ3) is 13.9. The van der Waals surface area contributed by atoms with Gasteiger partial charge in [0.15, 0.2) is 0 Å². The molecule has 0 heterocycles. The summed E-state index contributed by atoms with van der Waals surface area (Å²) in [6.45, 7) is 6.46. The third-order valence-electron chi connectivity index (χ3n) is 6.36. The standard InChI is InChI=1S/C25H41N5O12/c1-5-12(4)19(26)23(39)28-13(6-8-16(31)32)21(37)27-14(7-9-17(33)34)22(38)30-20(11(2)3)24(40)29-15(25(41)42)10-18(35)36/h11-15,19-20H,5-10,26H2,1-4H3,(H,27,37)(H,28,39)(H,29,40)(H,30,38)(H,31,32)(H,33,34)(H,35,36)(H,41,42)/t12-,13-,14-,15-,19-,20-/m0/s1. The number of rotatable bonds is 20. The van der Waals surface area contributed by atoms with Gasteiger partial charge < -0.3 is 47.4 Å². The van der Waals surface area contributed by atoms with Crippen LogP contribution >= 0.6 is 0 Å². The van der Waals surface area contributed by atoms with Gasteiger partial charge in [-0.25, -0.2) is 4.79 Å². The Morgan fingerprint density at radius 1 is 0.619 bits per heavy atom. The normalized spacial score (nSPS) is 15.2. The van der Waals surface area contributed by atoms with E-state index in [1.54, 1.807) is 13.8 Å². The predicted octanol–water partition coefficient (Wildman–Crippen LogP) is -1.76. The molecule has 0 spiro atoms. The minimum Gasteiger partial charge on any atom is -0.481 e. The maximum Gasteiger partial charge on any atom is 0.326 e. The van der Waals surface area contributed by atoms with Crippen molar-refractivity contribution in [3.05, 3.63) is 0 Å². The average molecular weight is 604 g/mol. The molecule has 0 radical (unpaired) electrons. The third-order valence-corrected chi connectivity index (χ3v) is 6.36. The first kappa shape index (κ1) is 37.7. The molecular weight excluding hydrogens is 562 g/mol. The van der Waals surface area contributed by atoms with Gasteiger partial charge in [-0.3, -0.25) is 33.6 Å². The largest absolute Gasteiger partial charge is 0.481 e. The van der Waals surface area contributed by atoms with Crippen LogP contribution in [0.15, 0.2) is 0 Å². The number of nitrogens with two attached hydrogens (primary N) is 1. The summed E-state index contributed by atoms with van der Waals surface area (Å²) >= 11 is 0. The first-order valence-corrected chi connectivity index (χ1v) is 13.3. The van der Waals surface area contributed by atoms with Crippen molar-refractivity contribution in [1.29, 1.82) is 0 Å². The molecule has 0 aliphatic carbocycles. The summed E-state index contributed by atoms with van der Waals surface area (Å²) in [5.74, 6) is -10.5. The quantitative estimate of drug-likeness (QED) is 0.0746. The van der Waals surface area contributed by atoms with Crippen LogP contribution in [0.25, 0.3) is 0 Å². The Labute approximate surface area is 242 Å². The van der Waals surface area contributed by atoms with Crippen molar-refractivity contribution in [3.63, 3.8) is 0 Å². The molecule has 6 atom stereocenters. The molecule has 0 aromatic carbocycles. The molecule has 10 N–H and O–H groups in total. The van der Waals surface area contributed by atoms with Crippen LogP contribution in [-0.4, -0.2) is 98.1 Å². The minimum atomic E-state index is -1.81. The highest BCUT2D eigenvalue weighted by molar-refractivity contribution is 5.96. The summed E-state index contributed by atoms with van der Waals surface area (Å²) in [6, 6.07) is -7.29. The van der Waals surface area contributed by atoms with E-state index in [2.05, 4.69) is 16.0 Å². The second kappa shape index (κ2) is 18.2. The van der Waals surface area contributed by atoms with E-state index < -0.39 is 109 Å². The monoisotopic (exact) mass is 603 g/mol. The minimum absolute atomic E-state index is 0.280. The average Bonchev–Trinajstić information content (AvgIpc) is 2.89. The van der Waals surface area contributed by atoms with E-state index in [1.165, 1.54) is 13.8 Å². The highest BCUT2D eigenvalue weighted by Crippen LogP contribution is 2.09. The van der Waals surface area contributed by atoms with Gasteiger partial charge in [-0.15, -0.1) is 0 Å².